The van der Waals surface area contributed by atoms with E-state index in [-0.39, 0.29) is 11.9 Å². The zero-order valence-corrected chi connectivity index (χ0v) is 11.2. The van der Waals surface area contributed by atoms with Gasteiger partial charge in [0.05, 0.1) is 0 Å². The second kappa shape index (κ2) is 6.10. The Morgan fingerprint density at radius 3 is 2.87 bits per heavy atom. The van der Waals surface area contributed by atoms with Crippen molar-refractivity contribution in [2.24, 2.45) is 0 Å². The number of hydrogen-bond acceptors (Lipinski definition) is 1. The van der Waals surface area contributed by atoms with Crippen LogP contribution in [-0.4, -0.2) is 11.9 Å². The first-order chi connectivity index (χ1) is 7.13. The molecule has 0 unspecified atom stereocenters. The Kier molecular flexibility index (Phi) is 5.08. The fraction of sp³-hybridized carbons (Fsp3) is 0.417. The van der Waals surface area contributed by atoms with E-state index in [0.717, 1.165) is 22.0 Å². The molecule has 0 radical (unpaired) electrons. The molecule has 0 heterocycles. The van der Waals surface area contributed by atoms with Crippen molar-refractivity contribution in [2.45, 2.75) is 32.7 Å². The molecule has 1 aromatic rings. The summed E-state index contributed by atoms with van der Waals surface area (Å²) in [5, 5.41) is 2.98. The Hall–Kier alpha value is -0.580. The van der Waals surface area contributed by atoms with E-state index in [0.29, 0.717) is 0 Å². The molecule has 3 heteroatoms. The van der Waals surface area contributed by atoms with E-state index in [1.165, 1.54) is 0 Å². The van der Waals surface area contributed by atoms with Crippen LogP contribution in [0.15, 0.2) is 24.3 Å². The Morgan fingerprint density at radius 1 is 1.53 bits per heavy atom. The van der Waals surface area contributed by atoms with Crippen LogP contribution in [0, 0.1) is 3.57 Å². The van der Waals surface area contributed by atoms with E-state index in [9.17, 15) is 4.79 Å². The van der Waals surface area contributed by atoms with Gasteiger partial charge in [-0.3, -0.25) is 4.79 Å². The van der Waals surface area contributed by atoms with Crippen molar-refractivity contribution in [1.29, 1.82) is 0 Å². The molecule has 1 amide bonds. The van der Waals surface area contributed by atoms with Gasteiger partial charge in [0.15, 0.2) is 0 Å². The first kappa shape index (κ1) is 12.5. The molecule has 2 nitrogen and oxygen atoms in total. The smallest absolute Gasteiger partial charge is 0.251 e. The fourth-order valence-electron chi connectivity index (χ4n) is 1.44. The minimum Gasteiger partial charge on any atom is -0.350 e. The molecule has 0 aliphatic carbocycles. The highest BCUT2D eigenvalue weighted by Gasteiger charge is 2.08. The van der Waals surface area contributed by atoms with Gasteiger partial charge in [0.2, 0.25) is 0 Å². The summed E-state index contributed by atoms with van der Waals surface area (Å²) in [7, 11) is 0. The molecule has 82 valence electrons. The van der Waals surface area contributed by atoms with Crippen LogP contribution in [0.2, 0.25) is 0 Å². The third-order valence-corrected chi connectivity index (χ3v) is 2.86. The van der Waals surface area contributed by atoms with E-state index in [4.69, 9.17) is 0 Å². The maximum atomic E-state index is 11.8. The van der Waals surface area contributed by atoms with Crippen molar-refractivity contribution in [3.63, 3.8) is 0 Å². The zero-order chi connectivity index (χ0) is 11.3. The summed E-state index contributed by atoms with van der Waals surface area (Å²) < 4.78 is 1.09. The highest BCUT2D eigenvalue weighted by molar-refractivity contribution is 14.1. The van der Waals surface area contributed by atoms with Crippen LogP contribution in [0.1, 0.15) is 37.0 Å². The first-order valence-corrected chi connectivity index (χ1v) is 6.27. The largest absolute Gasteiger partial charge is 0.350 e. The van der Waals surface area contributed by atoms with Gasteiger partial charge in [-0.2, -0.15) is 0 Å². The molecule has 0 fully saturated rings. The Labute approximate surface area is 105 Å². The van der Waals surface area contributed by atoms with Gasteiger partial charge in [0.25, 0.3) is 5.91 Å². The van der Waals surface area contributed by atoms with Crippen LogP contribution in [0.5, 0.6) is 0 Å². The summed E-state index contributed by atoms with van der Waals surface area (Å²) in [6.45, 7) is 4.16. The minimum atomic E-state index is 0.0227. The minimum absolute atomic E-state index is 0.0227. The van der Waals surface area contributed by atoms with Gasteiger partial charge in [0.1, 0.15) is 0 Å². The van der Waals surface area contributed by atoms with Crippen molar-refractivity contribution >= 4 is 28.5 Å². The van der Waals surface area contributed by atoms with Gasteiger partial charge in [-0.1, -0.05) is 19.4 Å². The zero-order valence-electron chi connectivity index (χ0n) is 9.09. The van der Waals surface area contributed by atoms with Gasteiger partial charge in [-0.25, -0.2) is 0 Å². The molecule has 0 bridgehead atoms. The number of benzene rings is 1. The molecule has 0 aromatic heterocycles. The van der Waals surface area contributed by atoms with Crippen molar-refractivity contribution < 1.29 is 4.79 Å². The lowest BCUT2D eigenvalue weighted by atomic mass is 10.1. The molecule has 1 atom stereocenters. The lowest BCUT2D eigenvalue weighted by Gasteiger charge is -2.12. The lowest BCUT2D eigenvalue weighted by Crippen LogP contribution is -2.32. The third kappa shape index (κ3) is 4.20. The average Bonchev–Trinajstić information content (AvgIpc) is 2.18. The molecular formula is C12H16INO. The predicted octanol–water partition coefficient (Wildman–Crippen LogP) is 3.21. The van der Waals surface area contributed by atoms with E-state index in [1.54, 1.807) is 0 Å². The van der Waals surface area contributed by atoms with Crippen molar-refractivity contribution in [3.8, 4) is 0 Å². The summed E-state index contributed by atoms with van der Waals surface area (Å²) in [5.74, 6) is 0.0227. The molecule has 0 saturated carbocycles. The van der Waals surface area contributed by atoms with Crippen LogP contribution in [0.3, 0.4) is 0 Å². The van der Waals surface area contributed by atoms with Gasteiger partial charge in [-0.05, 0) is 54.1 Å². The SMILES string of the molecule is CCC[C@@H](C)NC(=O)c1cccc(I)c1. The molecule has 0 spiro atoms. The van der Waals surface area contributed by atoms with Crippen molar-refractivity contribution in [3.05, 3.63) is 33.4 Å². The Morgan fingerprint density at radius 2 is 2.27 bits per heavy atom. The predicted molar refractivity (Wildman–Crippen MR) is 71.0 cm³/mol. The Balaban J connectivity index is 2.61. The van der Waals surface area contributed by atoms with Crippen LogP contribution in [-0.2, 0) is 0 Å². The van der Waals surface area contributed by atoms with Crippen molar-refractivity contribution in [2.75, 3.05) is 0 Å². The number of hydrogen-bond donors (Lipinski definition) is 1. The number of halogens is 1. The maximum absolute atomic E-state index is 11.8. The quantitative estimate of drug-likeness (QED) is 0.849. The molecule has 1 aromatic carbocycles. The van der Waals surface area contributed by atoms with E-state index in [1.807, 2.05) is 31.2 Å². The van der Waals surface area contributed by atoms with Gasteiger partial charge >= 0.3 is 0 Å². The summed E-state index contributed by atoms with van der Waals surface area (Å²) in [5.41, 5.74) is 0.741. The average molecular weight is 317 g/mol. The molecule has 15 heavy (non-hydrogen) atoms. The van der Waals surface area contributed by atoms with Gasteiger partial charge < -0.3 is 5.32 Å². The molecule has 0 aliphatic rings. The van der Waals surface area contributed by atoms with Crippen LogP contribution in [0.4, 0.5) is 0 Å². The Bertz CT molecular complexity index is 338. The van der Waals surface area contributed by atoms with E-state index in [2.05, 4.69) is 34.8 Å². The second-order valence-corrected chi connectivity index (χ2v) is 4.92. The molecule has 1 rings (SSSR count). The maximum Gasteiger partial charge on any atom is 0.251 e. The number of nitrogens with one attached hydrogen (secondary N) is 1. The number of carbonyl (C=O) groups excluding carboxylic acids is 1. The normalized spacial score (nSPS) is 12.2. The number of carbonyl (C=O) groups is 1. The summed E-state index contributed by atoms with van der Waals surface area (Å²) in [6, 6.07) is 7.87. The molecule has 1 N–H and O–H groups in total. The topological polar surface area (TPSA) is 29.1 Å². The highest BCUT2D eigenvalue weighted by atomic mass is 127. The number of amides is 1. The van der Waals surface area contributed by atoms with E-state index < -0.39 is 0 Å². The lowest BCUT2D eigenvalue weighted by molar-refractivity contribution is 0.0938. The highest BCUT2D eigenvalue weighted by Crippen LogP contribution is 2.08. The molecule has 0 saturated heterocycles. The summed E-state index contributed by atoms with van der Waals surface area (Å²) >= 11 is 2.21. The number of rotatable bonds is 4. The molecular weight excluding hydrogens is 301 g/mol. The van der Waals surface area contributed by atoms with Gasteiger partial charge in [-0.15, -0.1) is 0 Å². The standard InChI is InChI=1S/C12H16INO/c1-3-5-9(2)14-12(15)10-6-4-7-11(13)8-10/h4,6-9H,3,5H2,1-2H3,(H,14,15)/t9-/m1/s1. The van der Waals surface area contributed by atoms with Crippen LogP contribution in [0.25, 0.3) is 0 Å². The monoisotopic (exact) mass is 317 g/mol. The van der Waals surface area contributed by atoms with Crippen molar-refractivity contribution in [1.82, 2.24) is 5.32 Å². The summed E-state index contributed by atoms with van der Waals surface area (Å²) in [4.78, 5) is 11.8. The summed E-state index contributed by atoms with van der Waals surface area (Å²) in [6.07, 6.45) is 2.11. The first-order valence-electron chi connectivity index (χ1n) is 5.20. The van der Waals surface area contributed by atoms with Crippen LogP contribution < -0.4 is 5.32 Å². The second-order valence-electron chi connectivity index (χ2n) is 3.67. The van der Waals surface area contributed by atoms with E-state index >= 15 is 0 Å². The fourth-order valence-corrected chi connectivity index (χ4v) is 1.99. The third-order valence-electron chi connectivity index (χ3n) is 2.19. The molecule has 0 aliphatic heterocycles. The van der Waals surface area contributed by atoms with Gasteiger partial charge in [0, 0.05) is 15.2 Å². The van der Waals surface area contributed by atoms with Crippen LogP contribution >= 0.6 is 22.6 Å².